The largest absolute Gasteiger partial charge is 0.459 e. The van der Waals surface area contributed by atoms with Crippen LogP contribution in [0.25, 0.3) is 21.8 Å². The van der Waals surface area contributed by atoms with Gasteiger partial charge in [-0.25, -0.2) is 14.9 Å². The number of aromatic nitrogens is 2. The van der Waals surface area contributed by atoms with Gasteiger partial charge in [0.15, 0.2) is 17.0 Å². The second kappa shape index (κ2) is 13.2. The molecule has 0 bridgehead atoms. The van der Waals surface area contributed by atoms with Crippen molar-refractivity contribution in [2.24, 2.45) is 22.4 Å². The van der Waals surface area contributed by atoms with Gasteiger partial charge < -0.3 is 26.0 Å². The van der Waals surface area contributed by atoms with Gasteiger partial charge in [-0.1, -0.05) is 48.5 Å². The number of rotatable bonds is 10. The summed E-state index contributed by atoms with van der Waals surface area (Å²) in [6.07, 6.45) is 4.17. The van der Waals surface area contributed by atoms with Gasteiger partial charge in [0.2, 0.25) is 0 Å². The van der Waals surface area contributed by atoms with Gasteiger partial charge in [-0.15, -0.1) is 5.43 Å². The molecule has 0 aliphatic rings. The van der Waals surface area contributed by atoms with Crippen LogP contribution in [-0.2, 0) is 20.9 Å². The van der Waals surface area contributed by atoms with Crippen LogP contribution in [0.2, 0.25) is 0 Å². The third-order valence-electron chi connectivity index (χ3n) is 5.39. The Balaban J connectivity index is 0.000000241. The highest BCUT2D eigenvalue weighted by Gasteiger charge is 2.33. The van der Waals surface area contributed by atoms with Crippen molar-refractivity contribution in [1.29, 1.82) is 0 Å². The number of benzene rings is 2. The van der Waals surface area contributed by atoms with Crippen LogP contribution < -0.4 is 16.9 Å². The molecule has 0 aliphatic carbocycles. The maximum Gasteiger partial charge on any atom is 0.335 e. The summed E-state index contributed by atoms with van der Waals surface area (Å²) in [5.74, 6) is -2.09. The highest BCUT2D eigenvalue weighted by molar-refractivity contribution is 6.06. The molecule has 4 rings (SSSR count). The lowest BCUT2D eigenvalue weighted by Crippen LogP contribution is -2.47. The predicted molar refractivity (Wildman–Crippen MR) is 139 cm³/mol. The summed E-state index contributed by atoms with van der Waals surface area (Å²) >= 11 is 0. The van der Waals surface area contributed by atoms with Crippen molar-refractivity contribution in [2.45, 2.75) is 19.1 Å². The number of aromatic amines is 1. The van der Waals surface area contributed by atoms with Crippen LogP contribution in [0.1, 0.15) is 12.0 Å². The number of aliphatic imine (C=N–C) groups is 1. The van der Waals surface area contributed by atoms with Gasteiger partial charge in [0.1, 0.15) is 12.9 Å². The number of carbonyl (C=O) groups excluding carboxylic acids is 2. The van der Waals surface area contributed by atoms with Crippen LogP contribution in [0.3, 0.4) is 0 Å². The molecule has 2 unspecified atom stereocenters. The van der Waals surface area contributed by atoms with Crippen molar-refractivity contribution in [1.82, 2.24) is 15.4 Å². The number of hydrogen-bond donors (Lipinski definition) is 4. The molecule has 4 aromatic rings. The zero-order valence-electron chi connectivity index (χ0n) is 19.8. The number of H-pyrrole nitrogens is 1. The minimum atomic E-state index is -1.43. The first-order chi connectivity index (χ1) is 17.9. The summed E-state index contributed by atoms with van der Waals surface area (Å²) in [7, 11) is 0. The van der Waals surface area contributed by atoms with Gasteiger partial charge in [0.25, 0.3) is 0 Å². The SMILES string of the molecule is NC(N)=NCCC(C=O)C(N[N+](=O)[O-])C(=O)OCc1ccccc1.c1ccc2c(c1)[nH]c1cnccc12. The highest BCUT2D eigenvalue weighted by atomic mass is 16.7. The second-order valence-corrected chi connectivity index (χ2v) is 7.94. The van der Waals surface area contributed by atoms with Crippen LogP contribution in [0.5, 0.6) is 0 Å². The fraction of sp³-hybridized carbons (Fsp3) is 0.200. The Morgan fingerprint density at radius 1 is 1.11 bits per heavy atom. The maximum absolute atomic E-state index is 12.1. The number of aldehydes is 1. The Hall–Kier alpha value is -5.00. The van der Waals surface area contributed by atoms with Crippen LogP contribution >= 0.6 is 0 Å². The van der Waals surface area contributed by atoms with E-state index in [1.807, 2.05) is 30.0 Å². The first-order valence-corrected chi connectivity index (χ1v) is 11.3. The normalized spacial score (nSPS) is 12.0. The molecule has 0 aliphatic heterocycles. The number of nitrogens with zero attached hydrogens (tertiary/aromatic N) is 3. The molecule has 12 heteroatoms. The monoisotopic (exact) mass is 505 g/mol. The average molecular weight is 506 g/mol. The van der Waals surface area contributed by atoms with E-state index >= 15 is 0 Å². The molecule has 0 saturated carbocycles. The molecule has 192 valence electrons. The minimum absolute atomic E-state index is 0.0490. The van der Waals surface area contributed by atoms with E-state index in [4.69, 9.17) is 16.2 Å². The van der Waals surface area contributed by atoms with Gasteiger partial charge in [0, 0.05) is 29.0 Å². The van der Waals surface area contributed by atoms with Gasteiger partial charge in [0.05, 0.1) is 17.6 Å². The molecule has 2 aromatic heterocycles. The van der Waals surface area contributed by atoms with E-state index < -0.39 is 23.0 Å². The fourth-order valence-corrected chi connectivity index (χ4v) is 3.61. The summed E-state index contributed by atoms with van der Waals surface area (Å²) in [4.78, 5) is 45.1. The standard InChI is InChI=1S/C14H19N5O5.C11H8N2/c15-14(16)17-7-6-11(8-20)12(18-19(22)23)13(21)24-9-10-4-2-1-3-5-10;1-2-4-10-8(3-1)9-5-6-12-7-11(9)13-10/h1-5,8,11-12,18H,6-7,9H2,(H4,15,16,17);1-7,13H. The molecular weight excluding hydrogens is 478 g/mol. The number of carbonyl (C=O) groups is 2. The molecule has 0 radical (unpaired) electrons. The van der Waals surface area contributed by atoms with E-state index in [0.29, 0.717) is 11.8 Å². The number of guanidine groups is 1. The average Bonchev–Trinajstić information content (AvgIpc) is 3.28. The second-order valence-electron chi connectivity index (χ2n) is 7.94. The van der Waals surface area contributed by atoms with Crippen molar-refractivity contribution in [2.75, 3.05) is 6.54 Å². The lowest BCUT2D eigenvalue weighted by molar-refractivity contribution is -0.550. The Morgan fingerprint density at radius 2 is 1.81 bits per heavy atom. The number of nitro groups is 1. The molecule has 0 amide bonds. The summed E-state index contributed by atoms with van der Waals surface area (Å²) in [5.41, 5.74) is 15.1. The predicted octanol–water partition coefficient (Wildman–Crippen LogP) is 2.07. The van der Waals surface area contributed by atoms with Gasteiger partial charge in [-0.05, 0) is 24.1 Å². The van der Waals surface area contributed by atoms with E-state index in [-0.39, 0.29) is 25.5 Å². The number of ether oxygens (including phenoxy) is 1. The molecule has 6 N–H and O–H groups in total. The van der Waals surface area contributed by atoms with Crippen molar-refractivity contribution in [3.8, 4) is 0 Å². The summed E-state index contributed by atoms with van der Waals surface area (Å²) in [5, 5.41) is 12.3. The van der Waals surface area contributed by atoms with Crippen LogP contribution in [0, 0.1) is 16.0 Å². The number of fused-ring (bicyclic) bond motifs is 3. The molecule has 2 aromatic carbocycles. The van der Waals surface area contributed by atoms with E-state index in [2.05, 4.69) is 33.2 Å². The Labute approximate surface area is 211 Å². The smallest absolute Gasteiger partial charge is 0.335 e. The summed E-state index contributed by atoms with van der Waals surface area (Å²) < 4.78 is 5.05. The van der Waals surface area contributed by atoms with E-state index in [1.54, 1.807) is 30.3 Å². The molecular formula is C25H27N7O5. The van der Waals surface area contributed by atoms with Crippen LogP contribution in [0.4, 0.5) is 0 Å². The van der Waals surface area contributed by atoms with Crippen LogP contribution in [0.15, 0.2) is 78.0 Å². The van der Waals surface area contributed by atoms with Gasteiger partial charge in [-0.3, -0.25) is 9.98 Å². The number of pyridine rings is 1. The molecule has 0 spiro atoms. The fourth-order valence-electron chi connectivity index (χ4n) is 3.61. The lowest BCUT2D eigenvalue weighted by Gasteiger charge is -2.18. The number of nitrogens with two attached hydrogens (primary N) is 2. The first kappa shape index (κ1) is 26.6. The minimum Gasteiger partial charge on any atom is -0.459 e. The first-order valence-electron chi connectivity index (χ1n) is 11.3. The number of hydrogen-bond acceptors (Lipinski definition) is 7. The molecule has 37 heavy (non-hydrogen) atoms. The Kier molecular flexibility index (Phi) is 9.48. The molecule has 12 nitrogen and oxygen atoms in total. The molecule has 0 fully saturated rings. The highest BCUT2D eigenvalue weighted by Crippen LogP contribution is 2.23. The van der Waals surface area contributed by atoms with Gasteiger partial charge in [-0.2, -0.15) is 0 Å². The van der Waals surface area contributed by atoms with Crippen LogP contribution in [-0.4, -0.2) is 45.8 Å². The van der Waals surface area contributed by atoms with Gasteiger partial charge >= 0.3 is 5.97 Å². The zero-order valence-corrected chi connectivity index (χ0v) is 19.8. The van der Waals surface area contributed by atoms with E-state index in [1.165, 1.54) is 16.3 Å². The number of para-hydroxylation sites is 1. The topological polar surface area (TPSA) is 192 Å². The Bertz CT molecular complexity index is 1320. The van der Waals surface area contributed by atoms with Crippen molar-refractivity contribution < 1.29 is 19.4 Å². The number of hydrazine groups is 1. The lowest BCUT2D eigenvalue weighted by atomic mass is 9.98. The number of nitrogens with one attached hydrogen (secondary N) is 2. The summed E-state index contributed by atoms with van der Waals surface area (Å²) in [6, 6.07) is 17.7. The van der Waals surface area contributed by atoms with E-state index in [0.717, 1.165) is 5.52 Å². The number of esters is 1. The van der Waals surface area contributed by atoms with E-state index in [9.17, 15) is 19.7 Å². The Morgan fingerprint density at radius 3 is 2.51 bits per heavy atom. The zero-order chi connectivity index (χ0) is 26.6. The maximum atomic E-state index is 12.1. The molecule has 0 saturated heterocycles. The molecule has 2 heterocycles. The van der Waals surface area contributed by atoms with Crippen molar-refractivity contribution >= 4 is 40.0 Å². The summed E-state index contributed by atoms with van der Waals surface area (Å²) in [6.45, 7) is -0.0113. The quantitative estimate of drug-likeness (QED) is 0.0623. The van der Waals surface area contributed by atoms with Crippen molar-refractivity contribution in [3.05, 3.63) is 88.7 Å². The third-order valence-corrected chi connectivity index (χ3v) is 5.39. The molecule has 2 atom stereocenters. The third kappa shape index (κ3) is 7.75. The van der Waals surface area contributed by atoms with Crippen molar-refractivity contribution in [3.63, 3.8) is 0 Å².